The molecule has 1 aromatic carbocycles. The van der Waals surface area contributed by atoms with E-state index in [-0.39, 0.29) is 5.91 Å². The molecule has 1 amide bonds. The van der Waals surface area contributed by atoms with E-state index in [1.54, 1.807) is 0 Å². The summed E-state index contributed by atoms with van der Waals surface area (Å²) in [4.78, 5) is 20.5. The normalized spacial score (nSPS) is 15.0. The van der Waals surface area contributed by atoms with Crippen LogP contribution in [-0.2, 0) is 11.2 Å². The van der Waals surface area contributed by atoms with Gasteiger partial charge in [-0.15, -0.1) is 0 Å². The average Bonchev–Trinajstić information content (AvgIpc) is 3.10. The van der Waals surface area contributed by atoms with E-state index in [1.807, 2.05) is 43.0 Å². The summed E-state index contributed by atoms with van der Waals surface area (Å²) in [5, 5.41) is 0. The van der Waals surface area contributed by atoms with E-state index in [1.165, 1.54) is 12.8 Å². The van der Waals surface area contributed by atoms with Gasteiger partial charge < -0.3 is 15.5 Å². The molecule has 0 atom stereocenters. The lowest BCUT2D eigenvalue weighted by Gasteiger charge is -2.18. The standard InChI is InChI=1S/C18H28N4O/c1-3-21(4-2)17(23)12-9-15-7-10-16(11-8-15)20-18(19)22-13-5-6-14-22/h7-8,10-11H,3-6,9,12-14H2,1-2H3,(H2,19,20). The van der Waals surface area contributed by atoms with Gasteiger partial charge in [0.05, 0.1) is 5.69 Å². The maximum Gasteiger partial charge on any atom is 0.222 e. The van der Waals surface area contributed by atoms with E-state index >= 15 is 0 Å². The van der Waals surface area contributed by atoms with Crippen molar-refractivity contribution >= 4 is 17.6 Å². The Morgan fingerprint density at radius 3 is 2.35 bits per heavy atom. The highest BCUT2D eigenvalue weighted by Crippen LogP contribution is 2.16. The first-order valence-electron chi connectivity index (χ1n) is 8.59. The highest BCUT2D eigenvalue weighted by molar-refractivity contribution is 5.81. The van der Waals surface area contributed by atoms with Crippen LogP contribution in [0.15, 0.2) is 29.3 Å². The molecule has 0 radical (unpaired) electrons. The molecule has 0 saturated carbocycles. The van der Waals surface area contributed by atoms with Crippen molar-refractivity contribution < 1.29 is 4.79 Å². The number of aryl methyl sites for hydroxylation is 1. The van der Waals surface area contributed by atoms with Gasteiger partial charge in [0.1, 0.15) is 0 Å². The molecule has 1 aliphatic rings. The topological polar surface area (TPSA) is 61.9 Å². The van der Waals surface area contributed by atoms with E-state index in [2.05, 4.69) is 9.89 Å². The minimum Gasteiger partial charge on any atom is -0.369 e. The monoisotopic (exact) mass is 316 g/mol. The van der Waals surface area contributed by atoms with Crippen molar-refractivity contribution in [2.75, 3.05) is 26.2 Å². The lowest BCUT2D eigenvalue weighted by atomic mass is 10.1. The van der Waals surface area contributed by atoms with Crippen LogP contribution in [0.5, 0.6) is 0 Å². The minimum atomic E-state index is 0.218. The van der Waals surface area contributed by atoms with Gasteiger partial charge in [0.2, 0.25) is 5.91 Å². The van der Waals surface area contributed by atoms with Gasteiger partial charge in [0, 0.05) is 32.6 Å². The molecule has 0 aromatic heterocycles. The van der Waals surface area contributed by atoms with Gasteiger partial charge in [-0.05, 0) is 50.8 Å². The van der Waals surface area contributed by atoms with E-state index in [4.69, 9.17) is 5.73 Å². The molecule has 1 saturated heterocycles. The number of hydrogen-bond donors (Lipinski definition) is 1. The van der Waals surface area contributed by atoms with Gasteiger partial charge in [-0.25, -0.2) is 4.99 Å². The second kappa shape index (κ2) is 8.56. The smallest absolute Gasteiger partial charge is 0.222 e. The fraction of sp³-hybridized carbons (Fsp3) is 0.556. The Morgan fingerprint density at radius 1 is 1.17 bits per heavy atom. The van der Waals surface area contributed by atoms with E-state index < -0.39 is 0 Å². The first-order valence-corrected chi connectivity index (χ1v) is 8.59. The van der Waals surface area contributed by atoms with Crippen LogP contribution in [0, 0.1) is 0 Å². The average molecular weight is 316 g/mol. The Hall–Kier alpha value is -2.04. The summed E-state index contributed by atoms with van der Waals surface area (Å²) in [6.07, 6.45) is 3.70. The summed E-state index contributed by atoms with van der Waals surface area (Å²) in [5.74, 6) is 0.822. The third kappa shape index (κ3) is 4.98. The molecule has 2 N–H and O–H groups in total. The second-order valence-electron chi connectivity index (χ2n) is 5.90. The number of likely N-dealkylation sites (tertiary alicyclic amines) is 1. The summed E-state index contributed by atoms with van der Waals surface area (Å²) in [7, 11) is 0. The first-order chi connectivity index (χ1) is 11.1. The molecule has 23 heavy (non-hydrogen) atoms. The molecular formula is C18H28N4O. The lowest BCUT2D eigenvalue weighted by molar-refractivity contribution is -0.130. The number of carbonyl (C=O) groups excluding carboxylic acids is 1. The van der Waals surface area contributed by atoms with Gasteiger partial charge in [-0.2, -0.15) is 0 Å². The number of nitrogens with two attached hydrogens (primary N) is 1. The van der Waals surface area contributed by atoms with Crippen LogP contribution in [0.1, 0.15) is 38.7 Å². The SMILES string of the molecule is CCN(CC)C(=O)CCc1ccc(N=C(N)N2CCCC2)cc1. The molecule has 126 valence electrons. The predicted molar refractivity (Wildman–Crippen MR) is 94.8 cm³/mol. The molecule has 1 fully saturated rings. The fourth-order valence-corrected chi connectivity index (χ4v) is 2.87. The van der Waals surface area contributed by atoms with Crippen LogP contribution in [0.2, 0.25) is 0 Å². The van der Waals surface area contributed by atoms with Crippen LogP contribution in [0.25, 0.3) is 0 Å². The van der Waals surface area contributed by atoms with E-state index in [9.17, 15) is 4.79 Å². The van der Waals surface area contributed by atoms with Crippen molar-refractivity contribution in [3.8, 4) is 0 Å². The summed E-state index contributed by atoms with van der Waals surface area (Å²) in [5.41, 5.74) is 8.06. The van der Waals surface area contributed by atoms with Gasteiger partial charge in [-0.3, -0.25) is 4.79 Å². The maximum atomic E-state index is 12.0. The minimum absolute atomic E-state index is 0.218. The Labute approximate surface area is 139 Å². The van der Waals surface area contributed by atoms with Crippen molar-refractivity contribution in [1.29, 1.82) is 0 Å². The molecule has 0 spiro atoms. The highest BCUT2D eigenvalue weighted by atomic mass is 16.2. The number of benzene rings is 1. The third-order valence-electron chi connectivity index (χ3n) is 4.35. The third-order valence-corrected chi connectivity index (χ3v) is 4.35. The first kappa shape index (κ1) is 17.3. The molecule has 5 nitrogen and oxygen atoms in total. The maximum absolute atomic E-state index is 12.0. The number of guanidine groups is 1. The van der Waals surface area contributed by atoms with Gasteiger partial charge in [0.25, 0.3) is 0 Å². The zero-order valence-electron chi connectivity index (χ0n) is 14.3. The lowest BCUT2D eigenvalue weighted by Crippen LogP contribution is -2.34. The number of hydrogen-bond acceptors (Lipinski definition) is 2. The number of rotatable bonds is 6. The van der Waals surface area contributed by atoms with Crippen LogP contribution in [0.4, 0.5) is 5.69 Å². The number of nitrogens with zero attached hydrogens (tertiary/aromatic N) is 3. The largest absolute Gasteiger partial charge is 0.369 e. The van der Waals surface area contributed by atoms with Crippen LogP contribution in [-0.4, -0.2) is 47.8 Å². The number of amides is 1. The number of aliphatic imine (C=N–C) groups is 1. The highest BCUT2D eigenvalue weighted by Gasteiger charge is 2.13. The molecule has 1 aromatic rings. The summed E-state index contributed by atoms with van der Waals surface area (Å²) < 4.78 is 0. The van der Waals surface area contributed by atoms with Gasteiger partial charge in [-0.1, -0.05) is 12.1 Å². The number of carbonyl (C=O) groups is 1. The molecule has 1 aliphatic heterocycles. The quantitative estimate of drug-likeness (QED) is 0.648. The molecule has 0 aliphatic carbocycles. The molecule has 0 bridgehead atoms. The van der Waals surface area contributed by atoms with Crippen LogP contribution < -0.4 is 5.73 Å². The van der Waals surface area contributed by atoms with Crippen molar-refractivity contribution in [2.45, 2.75) is 39.5 Å². The predicted octanol–water partition coefficient (Wildman–Crippen LogP) is 2.53. The summed E-state index contributed by atoms with van der Waals surface area (Å²) in [6, 6.07) is 8.01. The Morgan fingerprint density at radius 2 is 1.78 bits per heavy atom. The fourth-order valence-electron chi connectivity index (χ4n) is 2.87. The van der Waals surface area contributed by atoms with Crippen molar-refractivity contribution in [3.05, 3.63) is 29.8 Å². The Balaban J connectivity index is 1.89. The zero-order chi connectivity index (χ0) is 16.7. The van der Waals surface area contributed by atoms with Gasteiger partial charge >= 0.3 is 0 Å². The van der Waals surface area contributed by atoms with Crippen LogP contribution >= 0.6 is 0 Å². The molecular weight excluding hydrogens is 288 g/mol. The molecule has 5 heteroatoms. The molecule has 1 heterocycles. The van der Waals surface area contributed by atoms with Gasteiger partial charge in [0.15, 0.2) is 5.96 Å². The van der Waals surface area contributed by atoms with E-state index in [0.717, 1.165) is 43.9 Å². The molecule has 2 rings (SSSR count). The summed E-state index contributed by atoms with van der Waals surface area (Å²) in [6.45, 7) is 7.58. The molecule has 0 unspecified atom stereocenters. The zero-order valence-corrected chi connectivity index (χ0v) is 14.3. The van der Waals surface area contributed by atoms with Crippen molar-refractivity contribution in [2.24, 2.45) is 10.7 Å². The van der Waals surface area contributed by atoms with Crippen molar-refractivity contribution in [3.63, 3.8) is 0 Å². The Bertz CT molecular complexity index is 528. The van der Waals surface area contributed by atoms with Crippen LogP contribution in [0.3, 0.4) is 0 Å². The van der Waals surface area contributed by atoms with E-state index in [0.29, 0.717) is 12.4 Å². The second-order valence-corrected chi connectivity index (χ2v) is 5.90. The summed E-state index contributed by atoms with van der Waals surface area (Å²) >= 11 is 0. The van der Waals surface area contributed by atoms with Crippen molar-refractivity contribution in [1.82, 2.24) is 9.80 Å². The Kier molecular flexibility index (Phi) is 6.44.